The second kappa shape index (κ2) is 5.12. The highest BCUT2D eigenvalue weighted by molar-refractivity contribution is 5.79. The van der Waals surface area contributed by atoms with E-state index in [0.29, 0.717) is 17.9 Å². The number of hydrogen-bond acceptors (Lipinski definition) is 2. The van der Waals surface area contributed by atoms with Gasteiger partial charge < -0.3 is 4.90 Å². The SMILES string of the molecule is O=C(C1CCCC1)N1CCCC1Cn1cccn1. The van der Waals surface area contributed by atoms with E-state index >= 15 is 0 Å². The standard InChI is InChI=1S/C14H21N3O/c18-14(12-5-1-2-6-12)17-10-3-7-13(17)11-16-9-4-8-15-16/h4,8-9,12-13H,1-3,5-7,10-11H2. The Kier molecular flexibility index (Phi) is 3.35. The molecule has 0 bridgehead atoms. The average Bonchev–Trinajstić information content (AvgIpc) is 3.12. The van der Waals surface area contributed by atoms with E-state index in [1.807, 2.05) is 16.9 Å². The predicted molar refractivity (Wildman–Crippen MR) is 68.9 cm³/mol. The van der Waals surface area contributed by atoms with Crippen molar-refractivity contribution < 1.29 is 4.79 Å². The fraction of sp³-hybridized carbons (Fsp3) is 0.714. The number of carbonyl (C=O) groups excluding carboxylic acids is 1. The van der Waals surface area contributed by atoms with Crippen LogP contribution in [0.1, 0.15) is 38.5 Å². The lowest BCUT2D eigenvalue weighted by atomic mass is 10.1. The van der Waals surface area contributed by atoms with Crippen LogP contribution in [0.2, 0.25) is 0 Å². The first-order valence-electron chi connectivity index (χ1n) is 7.12. The molecule has 1 saturated heterocycles. The summed E-state index contributed by atoms with van der Waals surface area (Å²) in [6, 6.07) is 2.30. The van der Waals surface area contributed by atoms with Crippen molar-refractivity contribution in [2.45, 2.75) is 51.1 Å². The number of likely N-dealkylation sites (tertiary alicyclic amines) is 1. The van der Waals surface area contributed by atoms with E-state index in [-0.39, 0.29) is 0 Å². The van der Waals surface area contributed by atoms with Crippen LogP contribution in [0.15, 0.2) is 18.5 Å². The molecule has 2 heterocycles. The normalized spacial score (nSPS) is 24.9. The Morgan fingerprint density at radius 2 is 2.06 bits per heavy atom. The highest BCUT2D eigenvalue weighted by Gasteiger charge is 2.34. The Hall–Kier alpha value is -1.32. The minimum Gasteiger partial charge on any atom is -0.338 e. The first kappa shape index (κ1) is 11.8. The lowest BCUT2D eigenvalue weighted by Crippen LogP contribution is -2.41. The maximum atomic E-state index is 12.5. The van der Waals surface area contributed by atoms with Crippen LogP contribution in [0.5, 0.6) is 0 Å². The van der Waals surface area contributed by atoms with Gasteiger partial charge in [0, 0.05) is 24.9 Å². The number of carbonyl (C=O) groups is 1. The van der Waals surface area contributed by atoms with Crippen LogP contribution in [0.4, 0.5) is 0 Å². The third-order valence-electron chi connectivity index (χ3n) is 4.32. The van der Waals surface area contributed by atoms with E-state index in [4.69, 9.17) is 0 Å². The molecular formula is C14H21N3O. The molecular weight excluding hydrogens is 226 g/mol. The molecule has 1 unspecified atom stereocenters. The molecule has 4 nitrogen and oxygen atoms in total. The Balaban J connectivity index is 1.65. The van der Waals surface area contributed by atoms with Crippen molar-refractivity contribution in [3.63, 3.8) is 0 Å². The largest absolute Gasteiger partial charge is 0.338 e. The van der Waals surface area contributed by atoms with Crippen LogP contribution < -0.4 is 0 Å². The summed E-state index contributed by atoms with van der Waals surface area (Å²) >= 11 is 0. The van der Waals surface area contributed by atoms with Gasteiger partial charge in [0.2, 0.25) is 5.91 Å². The average molecular weight is 247 g/mol. The lowest BCUT2D eigenvalue weighted by molar-refractivity contribution is -0.136. The number of hydrogen-bond donors (Lipinski definition) is 0. The summed E-state index contributed by atoms with van der Waals surface area (Å²) in [5, 5.41) is 4.25. The van der Waals surface area contributed by atoms with Gasteiger partial charge in [-0.05, 0) is 31.7 Å². The maximum absolute atomic E-state index is 12.5. The Labute approximate surface area is 108 Å². The van der Waals surface area contributed by atoms with E-state index in [2.05, 4.69) is 10.00 Å². The first-order valence-corrected chi connectivity index (χ1v) is 7.12. The van der Waals surface area contributed by atoms with Crippen molar-refractivity contribution in [3.8, 4) is 0 Å². The van der Waals surface area contributed by atoms with Gasteiger partial charge in [-0.2, -0.15) is 5.10 Å². The summed E-state index contributed by atoms with van der Waals surface area (Å²) in [6.45, 7) is 1.80. The molecule has 0 aromatic carbocycles. The molecule has 1 atom stereocenters. The van der Waals surface area contributed by atoms with Gasteiger partial charge in [-0.25, -0.2) is 0 Å². The predicted octanol–water partition coefficient (Wildman–Crippen LogP) is 2.06. The topological polar surface area (TPSA) is 38.1 Å². The smallest absolute Gasteiger partial charge is 0.225 e. The zero-order valence-corrected chi connectivity index (χ0v) is 10.8. The fourth-order valence-corrected chi connectivity index (χ4v) is 3.35. The maximum Gasteiger partial charge on any atom is 0.225 e. The molecule has 1 aromatic heterocycles. The molecule has 2 aliphatic rings. The summed E-state index contributed by atoms with van der Waals surface area (Å²) in [6.07, 6.45) is 10.7. The van der Waals surface area contributed by atoms with Gasteiger partial charge >= 0.3 is 0 Å². The van der Waals surface area contributed by atoms with Crippen molar-refractivity contribution in [1.82, 2.24) is 14.7 Å². The Morgan fingerprint density at radius 3 is 2.78 bits per heavy atom. The minimum atomic E-state index is 0.309. The van der Waals surface area contributed by atoms with Crippen molar-refractivity contribution in [2.75, 3.05) is 6.54 Å². The van der Waals surface area contributed by atoms with E-state index in [9.17, 15) is 4.79 Å². The molecule has 2 fully saturated rings. The Bertz CT molecular complexity index is 395. The van der Waals surface area contributed by atoms with Crippen molar-refractivity contribution in [3.05, 3.63) is 18.5 Å². The van der Waals surface area contributed by atoms with Crippen LogP contribution in [-0.4, -0.2) is 33.2 Å². The van der Waals surface area contributed by atoms with Crippen LogP contribution in [0, 0.1) is 5.92 Å². The van der Waals surface area contributed by atoms with Gasteiger partial charge in [-0.1, -0.05) is 12.8 Å². The molecule has 0 radical (unpaired) electrons. The molecule has 0 N–H and O–H groups in total. The molecule has 1 aromatic rings. The van der Waals surface area contributed by atoms with E-state index < -0.39 is 0 Å². The van der Waals surface area contributed by atoms with Crippen molar-refractivity contribution in [2.24, 2.45) is 5.92 Å². The van der Waals surface area contributed by atoms with Crippen molar-refractivity contribution >= 4 is 5.91 Å². The third-order valence-corrected chi connectivity index (χ3v) is 4.32. The summed E-state index contributed by atoms with van der Waals surface area (Å²) in [7, 11) is 0. The van der Waals surface area contributed by atoms with Gasteiger partial charge in [0.1, 0.15) is 0 Å². The van der Waals surface area contributed by atoms with Crippen LogP contribution >= 0.6 is 0 Å². The highest BCUT2D eigenvalue weighted by Crippen LogP contribution is 2.30. The molecule has 0 spiro atoms. The molecule has 98 valence electrons. The molecule has 4 heteroatoms. The molecule has 18 heavy (non-hydrogen) atoms. The number of nitrogens with zero attached hydrogens (tertiary/aromatic N) is 3. The third kappa shape index (κ3) is 2.28. The first-order chi connectivity index (χ1) is 8.84. The zero-order valence-electron chi connectivity index (χ0n) is 10.8. The lowest BCUT2D eigenvalue weighted by Gasteiger charge is -2.27. The van der Waals surface area contributed by atoms with Gasteiger partial charge in [0.25, 0.3) is 0 Å². The number of amides is 1. The quantitative estimate of drug-likeness (QED) is 0.820. The molecule has 1 saturated carbocycles. The summed E-state index contributed by atoms with van der Waals surface area (Å²) < 4.78 is 1.95. The van der Waals surface area contributed by atoms with Crippen LogP contribution in [0.3, 0.4) is 0 Å². The molecule has 1 aliphatic carbocycles. The molecule has 3 rings (SSSR count). The molecule has 1 aliphatic heterocycles. The minimum absolute atomic E-state index is 0.309. The van der Waals surface area contributed by atoms with Crippen LogP contribution in [-0.2, 0) is 11.3 Å². The van der Waals surface area contributed by atoms with Gasteiger partial charge in [-0.15, -0.1) is 0 Å². The number of rotatable bonds is 3. The van der Waals surface area contributed by atoms with Gasteiger partial charge in [0.15, 0.2) is 0 Å². The van der Waals surface area contributed by atoms with Gasteiger partial charge in [-0.3, -0.25) is 9.48 Å². The molecule has 1 amide bonds. The summed E-state index contributed by atoms with van der Waals surface area (Å²) in [4.78, 5) is 14.6. The second-order valence-electron chi connectivity index (χ2n) is 5.54. The second-order valence-corrected chi connectivity index (χ2v) is 5.54. The van der Waals surface area contributed by atoms with E-state index in [1.54, 1.807) is 6.20 Å². The summed E-state index contributed by atoms with van der Waals surface area (Å²) in [5.41, 5.74) is 0. The zero-order chi connectivity index (χ0) is 12.4. The van der Waals surface area contributed by atoms with Crippen LogP contribution in [0.25, 0.3) is 0 Å². The van der Waals surface area contributed by atoms with E-state index in [0.717, 1.165) is 38.8 Å². The Morgan fingerprint density at radius 1 is 1.22 bits per heavy atom. The van der Waals surface area contributed by atoms with Crippen molar-refractivity contribution in [1.29, 1.82) is 0 Å². The summed E-state index contributed by atoms with van der Waals surface area (Å²) in [5.74, 6) is 0.713. The monoisotopic (exact) mass is 247 g/mol. The van der Waals surface area contributed by atoms with Gasteiger partial charge in [0.05, 0.1) is 12.6 Å². The van der Waals surface area contributed by atoms with E-state index in [1.165, 1.54) is 12.8 Å². The fourth-order valence-electron chi connectivity index (χ4n) is 3.35. The highest BCUT2D eigenvalue weighted by atomic mass is 16.2. The number of aromatic nitrogens is 2.